The van der Waals surface area contributed by atoms with Gasteiger partial charge in [0, 0.05) is 0 Å². The molecule has 0 aliphatic carbocycles. The van der Waals surface area contributed by atoms with Gasteiger partial charge in [-0.25, -0.2) is 9.29 Å². The lowest BCUT2D eigenvalue weighted by Gasteiger charge is -2.15. The van der Waals surface area contributed by atoms with E-state index in [0.717, 1.165) is 11.1 Å². The molecule has 1 heterocycles. The van der Waals surface area contributed by atoms with Crippen LogP contribution in [-0.2, 0) is 16.0 Å². The highest BCUT2D eigenvalue weighted by Crippen LogP contribution is 2.23. The first-order valence-electron chi connectivity index (χ1n) is 7.96. The summed E-state index contributed by atoms with van der Waals surface area (Å²) in [5.74, 6) is -0.708. The van der Waals surface area contributed by atoms with Crippen LogP contribution in [0.4, 0.5) is 10.1 Å². The normalized spacial score (nSPS) is 17.6. The summed E-state index contributed by atoms with van der Waals surface area (Å²) in [7, 11) is 0. The summed E-state index contributed by atoms with van der Waals surface area (Å²) >= 11 is 0. The number of benzene rings is 2. The molecule has 4 nitrogen and oxygen atoms in total. The number of carbonyl (C=O) groups is 2. The number of rotatable bonds is 5. The van der Waals surface area contributed by atoms with E-state index in [2.05, 4.69) is 5.32 Å². The van der Waals surface area contributed by atoms with Crippen LogP contribution in [-0.4, -0.2) is 24.4 Å². The van der Waals surface area contributed by atoms with Gasteiger partial charge < -0.3 is 5.32 Å². The predicted molar refractivity (Wildman–Crippen MR) is 90.2 cm³/mol. The largest absolute Gasteiger partial charge is 0.305 e. The SMILES string of the molecule is Cc1ccc(N2C(=O)C[C@@H](NCCc3cccc(F)c3)C2=O)cc1. The third-order valence-electron chi connectivity index (χ3n) is 4.13. The van der Waals surface area contributed by atoms with Gasteiger partial charge in [0.2, 0.25) is 5.91 Å². The molecule has 2 amide bonds. The number of hydrogen-bond acceptors (Lipinski definition) is 3. The second-order valence-electron chi connectivity index (χ2n) is 5.99. The van der Waals surface area contributed by atoms with Crippen LogP contribution in [0.25, 0.3) is 0 Å². The van der Waals surface area contributed by atoms with E-state index in [0.29, 0.717) is 18.7 Å². The minimum absolute atomic E-state index is 0.149. The highest BCUT2D eigenvalue weighted by molar-refractivity contribution is 6.22. The Balaban J connectivity index is 1.60. The molecule has 2 aromatic rings. The number of halogens is 1. The summed E-state index contributed by atoms with van der Waals surface area (Å²) in [4.78, 5) is 25.9. The van der Waals surface area contributed by atoms with Crippen LogP contribution in [0.1, 0.15) is 17.5 Å². The first-order chi connectivity index (χ1) is 11.5. The number of nitrogens with zero attached hydrogens (tertiary/aromatic N) is 1. The fourth-order valence-electron chi connectivity index (χ4n) is 2.84. The number of nitrogens with one attached hydrogen (secondary N) is 1. The fourth-order valence-corrected chi connectivity index (χ4v) is 2.84. The van der Waals surface area contributed by atoms with Crippen LogP contribution in [0.15, 0.2) is 48.5 Å². The zero-order valence-corrected chi connectivity index (χ0v) is 13.5. The molecule has 0 radical (unpaired) electrons. The number of hydrogen-bond donors (Lipinski definition) is 1. The summed E-state index contributed by atoms with van der Waals surface area (Å²) < 4.78 is 13.2. The molecule has 1 saturated heterocycles. The van der Waals surface area contributed by atoms with Crippen LogP contribution in [0.3, 0.4) is 0 Å². The summed E-state index contributed by atoms with van der Waals surface area (Å²) in [5.41, 5.74) is 2.53. The second kappa shape index (κ2) is 6.93. The van der Waals surface area contributed by atoms with E-state index in [-0.39, 0.29) is 24.1 Å². The molecule has 1 aliphatic rings. The molecule has 0 unspecified atom stereocenters. The molecule has 0 bridgehead atoms. The van der Waals surface area contributed by atoms with Crippen LogP contribution < -0.4 is 10.2 Å². The molecule has 0 aromatic heterocycles. The molecule has 1 atom stereocenters. The number of carbonyl (C=O) groups excluding carboxylic acids is 2. The molecule has 5 heteroatoms. The van der Waals surface area contributed by atoms with Gasteiger partial charge in [0.15, 0.2) is 0 Å². The van der Waals surface area contributed by atoms with Gasteiger partial charge in [0.1, 0.15) is 5.82 Å². The van der Waals surface area contributed by atoms with Crippen molar-refractivity contribution in [2.45, 2.75) is 25.8 Å². The van der Waals surface area contributed by atoms with E-state index in [1.807, 2.05) is 25.1 Å². The minimum atomic E-state index is -0.521. The first-order valence-corrected chi connectivity index (χ1v) is 7.96. The number of amides is 2. The lowest BCUT2D eigenvalue weighted by molar-refractivity contribution is -0.121. The van der Waals surface area contributed by atoms with Crippen molar-refractivity contribution in [3.05, 3.63) is 65.5 Å². The smallest absolute Gasteiger partial charge is 0.251 e. The molecule has 1 N–H and O–H groups in total. The Kier molecular flexibility index (Phi) is 4.71. The monoisotopic (exact) mass is 326 g/mol. The summed E-state index contributed by atoms with van der Waals surface area (Å²) in [6.07, 6.45) is 0.746. The molecule has 1 aliphatic heterocycles. The minimum Gasteiger partial charge on any atom is -0.305 e. The molecule has 1 fully saturated rings. The Morgan fingerprint density at radius 2 is 1.92 bits per heavy atom. The summed E-state index contributed by atoms with van der Waals surface area (Å²) in [6.45, 7) is 2.46. The molecule has 0 spiro atoms. The Morgan fingerprint density at radius 1 is 1.17 bits per heavy atom. The highest BCUT2D eigenvalue weighted by atomic mass is 19.1. The van der Waals surface area contributed by atoms with Crippen molar-refractivity contribution in [1.82, 2.24) is 5.32 Å². The van der Waals surface area contributed by atoms with Crippen LogP contribution in [0.2, 0.25) is 0 Å². The zero-order valence-electron chi connectivity index (χ0n) is 13.5. The predicted octanol–water partition coefficient (Wildman–Crippen LogP) is 2.60. The van der Waals surface area contributed by atoms with Gasteiger partial charge in [-0.05, 0) is 49.7 Å². The van der Waals surface area contributed by atoms with Crippen LogP contribution in [0.5, 0.6) is 0 Å². The lowest BCUT2D eigenvalue weighted by Crippen LogP contribution is -2.39. The van der Waals surface area contributed by atoms with Gasteiger partial charge in [-0.3, -0.25) is 9.59 Å². The van der Waals surface area contributed by atoms with E-state index in [9.17, 15) is 14.0 Å². The lowest BCUT2D eigenvalue weighted by atomic mass is 10.1. The molecule has 3 rings (SSSR count). The molecular weight excluding hydrogens is 307 g/mol. The quantitative estimate of drug-likeness (QED) is 0.859. The Hall–Kier alpha value is -2.53. The Labute approximate surface area is 140 Å². The Bertz CT molecular complexity index is 758. The van der Waals surface area contributed by atoms with E-state index in [1.165, 1.54) is 17.0 Å². The van der Waals surface area contributed by atoms with Gasteiger partial charge >= 0.3 is 0 Å². The van der Waals surface area contributed by atoms with Gasteiger partial charge in [-0.1, -0.05) is 29.8 Å². The van der Waals surface area contributed by atoms with Crippen molar-refractivity contribution in [1.29, 1.82) is 0 Å². The maximum absolute atomic E-state index is 13.2. The van der Waals surface area contributed by atoms with Gasteiger partial charge in [0.05, 0.1) is 18.2 Å². The number of anilines is 1. The van der Waals surface area contributed by atoms with E-state index < -0.39 is 6.04 Å². The number of aryl methyl sites for hydroxylation is 1. The number of imide groups is 1. The van der Waals surface area contributed by atoms with Crippen molar-refractivity contribution >= 4 is 17.5 Å². The average Bonchev–Trinajstić information content (AvgIpc) is 2.83. The second-order valence-corrected chi connectivity index (χ2v) is 5.99. The van der Waals surface area contributed by atoms with Gasteiger partial charge in [-0.2, -0.15) is 0 Å². The summed E-state index contributed by atoms with van der Waals surface area (Å²) in [6, 6.07) is 13.2. The fraction of sp³-hybridized carbons (Fsp3) is 0.263. The zero-order chi connectivity index (χ0) is 17.1. The van der Waals surface area contributed by atoms with Crippen molar-refractivity contribution in [3.63, 3.8) is 0 Å². The highest BCUT2D eigenvalue weighted by Gasteiger charge is 2.39. The van der Waals surface area contributed by atoms with Crippen molar-refractivity contribution in [3.8, 4) is 0 Å². The topological polar surface area (TPSA) is 49.4 Å². The van der Waals surface area contributed by atoms with Gasteiger partial charge in [0.25, 0.3) is 5.91 Å². The van der Waals surface area contributed by atoms with E-state index >= 15 is 0 Å². The molecule has 2 aromatic carbocycles. The first kappa shape index (κ1) is 16.3. The van der Waals surface area contributed by atoms with Crippen molar-refractivity contribution in [2.75, 3.05) is 11.4 Å². The third-order valence-corrected chi connectivity index (χ3v) is 4.13. The summed E-state index contributed by atoms with van der Waals surface area (Å²) in [5, 5.41) is 3.11. The maximum atomic E-state index is 13.2. The molecule has 124 valence electrons. The molecule has 0 saturated carbocycles. The van der Waals surface area contributed by atoms with E-state index in [4.69, 9.17) is 0 Å². The average molecular weight is 326 g/mol. The van der Waals surface area contributed by atoms with Crippen LogP contribution >= 0.6 is 0 Å². The Morgan fingerprint density at radius 3 is 2.62 bits per heavy atom. The van der Waals surface area contributed by atoms with Crippen molar-refractivity contribution in [2.24, 2.45) is 0 Å². The standard InChI is InChI=1S/C19H19FN2O2/c1-13-5-7-16(8-6-13)22-18(23)12-17(19(22)24)21-10-9-14-3-2-4-15(20)11-14/h2-8,11,17,21H,9-10,12H2,1H3/t17-/m1/s1. The maximum Gasteiger partial charge on any atom is 0.251 e. The molecule has 24 heavy (non-hydrogen) atoms. The third kappa shape index (κ3) is 3.51. The van der Waals surface area contributed by atoms with Crippen LogP contribution in [0, 0.1) is 12.7 Å². The van der Waals surface area contributed by atoms with E-state index in [1.54, 1.807) is 18.2 Å². The van der Waals surface area contributed by atoms with Crippen molar-refractivity contribution < 1.29 is 14.0 Å². The molecular formula is C19H19FN2O2. The van der Waals surface area contributed by atoms with Gasteiger partial charge in [-0.15, -0.1) is 0 Å².